The zero-order valence-corrected chi connectivity index (χ0v) is 15.0. The lowest BCUT2D eigenvalue weighted by atomic mass is 10.1. The van der Waals surface area contributed by atoms with E-state index >= 15 is 0 Å². The summed E-state index contributed by atoms with van der Waals surface area (Å²) in [5.41, 5.74) is 2.16. The van der Waals surface area contributed by atoms with Gasteiger partial charge in [-0.15, -0.1) is 0 Å². The number of ether oxygens (including phenoxy) is 2. The molecule has 0 unspecified atom stereocenters. The predicted molar refractivity (Wildman–Crippen MR) is 99.1 cm³/mol. The Kier molecular flexibility index (Phi) is 7.14. The van der Waals surface area contributed by atoms with E-state index in [4.69, 9.17) is 9.47 Å². The number of carbonyl (C=O) groups is 1. The molecule has 2 amide bonds. The van der Waals surface area contributed by atoms with Gasteiger partial charge in [0.15, 0.2) is 0 Å². The van der Waals surface area contributed by atoms with E-state index in [1.807, 2.05) is 62.4 Å². The third kappa shape index (κ3) is 6.75. The first-order chi connectivity index (χ1) is 12.1. The lowest BCUT2D eigenvalue weighted by molar-refractivity contribution is 0.239. The van der Waals surface area contributed by atoms with Crippen LogP contribution in [0.5, 0.6) is 11.5 Å². The van der Waals surface area contributed by atoms with Crippen molar-refractivity contribution in [2.45, 2.75) is 32.9 Å². The quantitative estimate of drug-likeness (QED) is 0.772. The molecule has 25 heavy (non-hydrogen) atoms. The molecule has 0 atom stereocenters. The van der Waals surface area contributed by atoms with Crippen LogP contribution in [-0.2, 0) is 13.0 Å². The highest BCUT2D eigenvalue weighted by molar-refractivity contribution is 5.73. The molecule has 0 saturated heterocycles. The average molecular weight is 342 g/mol. The van der Waals surface area contributed by atoms with Crippen LogP contribution >= 0.6 is 0 Å². The monoisotopic (exact) mass is 342 g/mol. The molecule has 0 bridgehead atoms. The molecule has 2 N–H and O–H groups in total. The molecule has 0 saturated carbocycles. The van der Waals surface area contributed by atoms with Gasteiger partial charge < -0.3 is 20.1 Å². The second-order valence-electron chi connectivity index (χ2n) is 6.02. The minimum atomic E-state index is -0.177. The third-order valence-corrected chi connectivity index (χ3v) is 3.58. The van der Waals surface area contributed by atoms with E-state index in [2.05, 4.69) is 10.6 Å². The number of amides is 2. The van der Waals surface area contributed by atoms with Crippen molar-refractivity contribution in [1.29, 1.82) is 0 Å². The van der Waals surface area contributed by atoms with Crippen molar-refractivity contribution in [2.75, 3.05) is 13.7 Å². The molecule has 5 nitrogen and oxygen atoms in total. The molecule has 5 heteroatoms. The van der Waals surface area contributed by atoms with Crippen molar-refractivity contribution in [3.63, 3.8) is 0 Å². The number of methoxy groups -OCH3 is 1. The topological polar surface area (TPSA) is 59.6 Å². The fraction of sp³-hybridized carbons (Fsp3) is 0.350. The van der Waals surface area contributed by atoms with Crippen LogP contribution in [-0.4, -0.2) is 25.8 Å². The lowest BCUT2D eigenvalue weighted by Gasteiger charge is -2.12. The van der Waals surface area contributed by atoms with Gasteiger partial charge in [-0.2, -0.15) is 0 Å². The van der Waals surface area contributed by atoms with Crippen LogP contribution < -0.4 is 20.1 Å². The summed E-state index contributed by atoms with van der Waals surface area (Å²) in [6.45, 7) is 5.01. The Balaban J connectivity index is 1.71. The molecule has 0 aliphatic heterocycles. The normalized spacial score (nSPS) is 10.4. The summed E-state index contributed by atoms with van der Waals surface area (Å²) in [7, 11) is 1.64. The molecule has 0 heterocycles. The summed E-state index contributed by atoms with van der Waals surface area (Å²) in [5, 5.41) is 5.72. The first-order valence-electron chi connectivity index (χ1n) is 8.47. The van der Waals surface area contributed by atoms with Crippen molar-refractivity contribution in [3.8, 4) is 11.5 Å². The van der Waals surface area contributed by atoms with Gasteiger partial charge in [-0.3, -0.25) is 0 Å². The zero-order valence-electron chi connectivity index (χ0n) is 15.0. The Hall–Kier alpha value is -2.69. The highest BCUT2D eigenvalue weighted by Gasteiger charge is 2.03. The number of hydrogen-bond acceptors (Lipinski definition) is 3. The highest BCUT2D eigenvalue weighted by Crippen LogP contribution is 2.14. The first kappa shape index (κ1) is 18.6. The summed E-state index contributed by atoms with van der Waals surface area (Å²) in [6.07, 6.45) is 0.902. The van der Waals surface area contributed by atoms with Gasteiger partial charge in [-0.25, -0.2) is 4.79 Å². The maximum Gasteiger partial charge on any atom is 0.315 e. The molecule has 2 aromatic carbocycles. The fourth-order valence-corrected chi connectivity index (χ4v) is 2.36. The smallest absolute Gasteiger partial charge is 0.315 e. The number of benzene rings is 2. The van der Waals surface area contributed by atoms with Gasteiger partial charge in [0.2, 0.25) is 0 Å². The van der Waals surface area contributed by atoms with Crippen LogP contribution in [0.4, 0.5) is 4.79 Å². The maximum atomic E-state index is 11.9. The predicted octanol–water partition coefficient (Wildman–Crippen LogP) is 3.52. The summed E-state index contributed by atoms with van der Waals surface area (Å²) >= 11 is 0. The third-order valence-electron chi connectivity index (χ3n) is 3.58. The number of urea groups is 1. The van der Waals surface area contributed by atoms with Crippen molar-refractivity contribution in [3.05, 3.63) is 59.7 Å². The molecule has 0 radical (unpaired) electrons. The van der Waals surface area contributed by atoms with Gasteiger partial charge in [0.1, 0.15) is 11.5 Å². The van der Waals surface area contributed by atoms with E-state index in [1.165, 1.54) is 0 Å². The number of carbonyl (C=O) groups excluding carboxylic acids is 1. The second kappa shape index (κ2) is 9.57. The largest absolute Gasteiger partial charge is 0.497 e. The van der Waals surface area contributed by atoms with Crippen molar-refractivity contribution >= 4 is 6.03 Å². The Bertz CT molecular complexity index is 669. The van der Waals surface area contributed by atoms with Gasteiger partial charge in [-0.05, 0) is 55.7 Å². The van der Waals surface area contributed by atoms with Crippen LogP contribution in [0.25, 0.3) is 0 Å². The second-order valence-corrected chi connectivity index (χ2v) is 6.02. The van der Waals surface area contributed by atoms with E-state index in [-0.39, 0.29) is 12.1 Å². The SMILES string of the molecule is COc1ccc(CCNC(=O)NCc2cccc(OC(C)C)c2)cc1. The zero-order chi connectivity index (χ0) is 18.1. The van der Waals surface area contributed by atoms with Gasteiger partial charge in [0, 0.05) is 13.1 Å². The molecule has 134 valence electrons. The number of nitrogens with one attached hydrogen (secondary N) is 2. The number of hydrogen-bond donors (Lipinski definition) is 2. The van der Waals surface area contributed by atoms with Crippen molar-refractivity contribution in [2.24, 2.45) is 0 Å². The minimum absolute atomic E-state index is 0.129. The van der Waals surface area contributed by atoms with Gasteiger partial charge in [0.05, 0.1) is 13.2 Å². The summed E-state index contributed by atoms with van der Waals surface area (Å²) in [5.74, 6) is 1.65. The van der Waals surface area contributed by atoms with Crippen molar-refractivity contribution in [1.82, 2.24) is 10.6 Å². The lowest BCUT2D eigenvalue weighted by Crippen LogP contribution is -2.36. The molecule has 0 aliphatic carbocycles. The Morgan fingerprint density at radius 3 is 2.44 bits per heavy atom. The van der Waals surface area contributed by atoms with E-state index in [0.717, 1.165) is 29.0 Å². The van der Waals surface area contributed by atoms with E-state index in [1.54, 1.807) is 7.11 Å². The van der Waals surface area contributed by atoms with Crippen LogP contribution in [0.15, 0.2) is 48.5 Å². The molecule has 0 aromatic heterocycles. The summed E-state index contributed by atoms with van der Waals surface area (Å²) in [4.78, 5) is 11.9. The first-order valence-corrected chi connectivity index (χ1v) is 8.47. The fourth-order valence-electron chi connectivity index (χ4n) is 2.36. The molecular formula is C20H26N2O3. The summed E-state index contributed by atoms with van der Waals surface area (Å²) in [6, 6.07) is 15.4. The molecule has 0 spiro atoms. The van der Waals surface area contributed by atoms with E-state index < -0.39 is 0 Å². The van der Waals surface area contributed by atoms with Crippen LogP contribution in [0.3, 0.4) is 0 Å². The Labute approximate surface area is 149 Å². The van der Waals surface area contributed by atoms with E-state index in [9.17, 15) is 4.79 Å². The van der Waals surface area contributed by atoms with E-state index in [0.29, 0.717) is 13.1 Å². The van der Waals surface area contributed by atoms with Crippen LogP contribution in [0, 0.1) is 0 Å². The number of rotatable bonds is 8. The minimum Gasteiger partial charge on any atom is -0.497 e. The van der Waals surface area contributed by atoms with Gasteiger partial charge in [0.25, 0.3) is 0 Å². The average Bonchev–Trinajstić information content (AvgIpc) is 2.60. The molecule has 2 rings (SSSR count). The molecule has 0 fully saturated rings. The molecule has 2 aromatic rings. The molecular weight excluding hydrogens is 316 g/mol. The van der Waals surface area contributed by atoms with Crippen molar-refractivity contribution < 1.29 is 14.3 Å². The van der Waals surface area contributed by atoms with Gasteiger partial charge in [-0.1, -0.05) is 24.3 Å². The highest BCUT2D eigenvalue weighted by atomic mass is 16.5. The van der Waals surface area contributed by atoms with Crippen LogP contribution in [0.1, 0.15) is 25.0 Å². The Morgan fingerprint density at radius 2 is 1.76 bits per heavy atom. The standard InChI is InChI=1S/C20H26N2O3/c1-15(2)25-19-6-4-5-17(13-19)14-22-20(23)21-12-11-16-7-9-18(24-3)10-8-16/h4-10,13,15H,11-12,14H2,1-3H3,(H2,21,22,23). The van der Waals surface area contributed by atoms with Crippen LogP contribution in [0.2, 0.25) is 0 Å². The Morgan fingerprint density at radius 1 is 1.00 bits per heavy atom. The maximum absolute atomic E-state index is 11.9. The summed E-state index contributed by atoms with van der Waals surface area (Å²) < 4.78 is 10.8. The molecule has 0 aliphatic rings. The van der Waals surface area contributed by atoms with Gasteiger partial charge >= 0.3 is 6.03 Å².